The fourth-order valence-electron chi connectivity index (χ4n) is 2.10. The highest BCUT2D eigenvalue weighted by atomic mass is 32.1. The van der Waals surface area contributed by atoms with Crippen molar-refractivity contribution in [2.45, 2.75) is 13.8 Å². The lowest BCUT2D eigenvalue weighted by Crippen LogP contribution is -2.21. The summed E-state index contributed by atoms with van der Waals surface area (Å²) in [7, 11) is 4.58. The molecule has 0 aliphatic carbocycles. The summed E-state index contributed by atoms with van der Waals surface area (Å²) >= 11 is 6.41. The van der Waals surface area contributed by atoms with Crippen LogP contribution in [0.1, 0.15) is 31.3 Å². The van der Waals surface area contributed by atoms with E-state index in [4.69, 9.17) is 17.0 Å². The van der Waals surface area contributed by atoms with Gasteiger partial charge in [0.25, 0.3) is 5.91 Å². The topological polar surface area (TPSA) is 96.5 Å². The van der Waals surface area contributed by atoms with Gasteiger partial charge in [-0.3, -0.25) is 4.79 Å². The number of thiocarbonyl (C=S) groups is 1. The number of thiophene rings is 1. The number of nitrogens with zero attached hydrogens (tertiary/aromatic N) is 3. The molecule has 10 heteroatoms. The zero-order valence-corrected chi connectivity index (χ0v) is 16.7. The standard InChI is InChI=1S/C16H19N5O3S2/c1-8-6-7-17-15(18-8)20-16(25)19-12-10(14(23)24-5)9(2)11(26-12)13(22)21(3)4/h6-7H,1-5H3,(H2,17,18,19,20,25). The minimum atomic E-state index is -0.548. The first-order chi connectivity index (χ1) is 12.2. The van der Waals surface area contributed by atoms with Crippen LogP contribution >= 0.6 is 23.6 Å². The van der Waals surface area contributed by atoms with E-state index in [-0.39, 0.29) is 16.6 Å². The van der Waals surface area contributed by atoms with Crippen molar-refractivity contribution in [1.82, 2.24) is 14.9 Å². The van der Waals surface area contributed by atoms with Crippen molar-refractivity contribution >= 4 is 51.5 Å². The van der Waals surface area contributed by atoms with E-state index in [0.717, 1.165) is 17.0 Å². The van der Waals surface area contributed by atoms with Crippen molar-refractivity contribution in [3.05, 3.63) is 34.0 Å². The number of methoxy groups -OCH3 is 1. The van der Waals surface area contributed by atoms with Gasteiger partial charge in [0.05, 0.1) is 17.6 Å². The highest BCUT2D eigenvalue weighted by Crippen LogP contribution is 2.34. The highest BCUT2D eigenvalue weighted by molar-refractivity contribution is 7.80. The van der Waals surface area contributed by atoms with Crippen LogP contribution in [0.2, 0.25) is 0 Å². The Balaban J connectivity index is 2.32. The molecule has 0 saturated heterocycles. The Kier molecular flexibility index (Phi) is 6.22. The Labute approximate surface area is 160 Å². The fraction of sp³-hybridized carbons (Fsp3) is 0.312. The Morgan fingerprint density at radius 3 is 2.54 bits per heavy atom. The average molecular weight is 393 g/mol. The maximum Gasteiger partial charge on any atom is 0.341 e. The van der Waals surface area contributed by atoms with Crippen molar-refractivity contribution in [2.75, 3.05) is 31.8 Å². The molecule has 0 atom stereocenters. The van der Waals surface area contributed by atoms with Gasteiger partial charge in [0, 0.05) is 26.0 Å². The molecule has 2 N–H and O–H groups in total. The molecule has 1 amide bonds. The molecule has 0 radical (unpaired) electrons. The van der Waals surface area contributed by atoms with Gasteiger partial charge in [0.15, 0.2) is 5.11 Å². The van der Waals surface area contributed by atoms with Crippen LogP contribution in [0, 0.1) is 13.8 Å². The molecule has 0 fully saturated rings. The van der Waals surface area contributed by atoms with Crippen molar-refractivity contribution in [2.24, 2.45) is 0 Å². The molecule has 0 aromatic carbocycles. The van der Waals surface area contributed by atoms with E-state index in [0.29, 0.717) is 21.4 Å². The normalized spacial score (nSPS) is 10.2. The van der Waals surface area contributed by atoms with Crippen molar-refractivity contribution < 1.29 is 14.3 Å². The van der Waals surface area contributed by atoms with Crippen LogP contribution in [0.25, 0.3) is 0 Å². The van der Waals surface area contributed by atoms with E-state index in [2.05, 4.69) is 20.6 Å². The Bertz CT molecular complexity index is 864. The van der Waals surface area contributed by atoms with Crippen molar-refractivity contribution in [3.63, 3.8) is 0 Å². The predicted octanol–water partition coefficient (Wildman–Crippen LogP) is 2.45. The van der Waals surface area contributed by atoms with E-state index >= 15 is 0 Å². The van der Waals surface area contributed by atoms with Crippen LogP contribution < -0.4 is 10.6 Å². The lowest BCUT2D eigenvalue weighted by Gasteiger charge is -2.09. The number of hydrogen-bond acceptors (Lipinski definition) is 7. The third kappa shape index (κ3) is 4.33. The number of carbonyl (C=O) groups is 2. The Morgan fingerprint density at radius 1 is 1.27 bits per heavy atom. The van der Waals surface area contributed by atoms with Crippen LogP contribution in [-0.2, 0) is 4.74 Å². The maximum atomic E-state index is 12.3. The molecule has 26 heavy (non-hydrogen) atoms. The van der Waals surface area contributed by atoms with Gasteiger partial charge in [0.2, 0.25) is 5.95 Å². The lowest BCUT2D eigenvalue weighted by atomic mass is 10.1. The van der Waals surface area contributed by atoms with E-state index in [1.54, 1.807) is 33.3 Å². The summed E-state index contributed by atoms with van der Waals surface area (Å²) < 4.78 is 4.84. The summed E-state index contributed by atoms with van der Waals surface area (Å²) in [6.45, 7) is 3.53. The van der Waals surface area contributed by atoms with Gasteiger partial charge < -0.3 is 20.3 Å². The van der Waals surface area contributed by atoms with E-state index < -0.39 is 5.97 Å². The molecule has 0 saturated carbocycles. The maximum absolute atomic E-state index is 12.3. The molecule has 2 aromatic rings. The van der Waals surface area contributed by atoms with Gasteiger partial charge in [-0.05, 0) is 37.7 Å². The number of aryl methyl sites for hydroxylation is 1. The van der Waals surface area contributed by atoms with Crippen LogP contribution in [0.4, 0.5) is 10.9 Å². The van der Waals surface area contributed by atoms with Crippen molar-refractivity contribution in [3.8, 4) is 0 Å². The van der Waals surface area contributed by atoms with Gasteiger partial charge in [-0.15, -0.1) is 11.3 Å². The smallest absolute Gasteiger partial charge is 0.341 e. The third-order valence-corrected chi connectivity index (χ3v) is 4.78. The van der Waals surface area contributed by atoms with Crippen LogP contribution in [0.15, 0.2) is 12.3 Å². The third-order valence-electron chi connectivity index (χ3n) is 3.38. The summed E-state index contributed by atoms with van der Waals surface area (Å²) in [5, 5.41) is 6.41. The van der Waals surface area contributed by atoms with Gasteiger partial charge in [-0.25, -0.2) is 14.8 Å². The number of anilines is 2. The molecule has 2 heterocycles. The lowest BCUT2D eigenvalue weighted by molar-refractivity contribution is 0.0601. The monoisotopic (exact) mass is 393 g/mol. The van der Waals surface area contributed by atoms with Gasteiger partial charge in [0.1, 0.15) is 5.00 Å². The molecular weight excluding hydrogens is 374 g/mol. The molecule has 138 valence electrons. The summed E-state index contributed by atoms with van der Waals surface area (Å²) in [5.74, 6) is -0.416. The summed E-state index contributed by atoms with van der Waals surface area (Å²) in [4.78, 5) is 34.7. The number of aromatic nitrogens is 2. The number of nitrogens with one attached hydrogen (secondary N) is 2. The Hall–Kier alpha value is -2.59. The van der Waals surface area contributed by atoms with Gasteiger partial charge in [-0.1, -0.05) is 0 Å². The summed E-state index contributed by atoms with van der Waals surface area (Å²) in [6, 6.07) is 1.76. The molecule has 0 spiro atoms. The SMILES string of the molecule is COC(=O)c1c(NC(=S)Nc2nccc(C)n2)sc(C(=O)N(C)C)c1C. The summed E-state index contributed by atoms with van der Waals surface area (Å²) in [6.07, 6.45) is 1.61. The van der Waals surface area contributed by atoms with E-state index in [9.17, 15) is 9.59 Å². The number of esters is 1. The van der Waals surface area contributed by atoms with Gasteiger partial charge >= 0.3 is 5.97 Å². The number of ether oxygens (including phenoxy) is 1. The van der Waals surface area contributed by atoms with E-state index in [1.807, 2.05) is 6.92 Å². The first kappa shape index (κ1) is 19.7. The highest BCUT2D eigenvalue weighted by Gasteiger charge is 2.26. The molecule has 2 rings (SSSR count). The fourth-order valence-corrected chi connectivity index (χ4v) is 3.58. The Morgan fingerprint density at radius 2 is 1.96 bits per heavy atom. The predicted molar refractivity (Wildman–Crippen MR) is 105 cm³/mol. The quantitative estimate of drug-likeness (QED) is 0.604. The average Bonchev–Trinajstić information content (AvgIpc) is 2.89. The number of carbonyl (C=O) groups excluding carboxylic acids is 2. The largest absolute Gasteiger partial charge is 0.465 e. The van der Waals surface area contributed by atoms with E-state index in [1.165, 1.54) is 12.0 Å². The second-order valence-corrected chi connectivity index (χ2v) is 6.98. The number of rotatable bonds is 4. The second-order valence-electron chi connectivity index (χ2n) is 5.55. The van der Waals surface area contributed by atoms with Crippen LogP contribution in [0.3, 0.4) is 0 Å². The molecule has 0 bridgehead atoms. The molecule has 8 nitrogen and oxygen atoms in total. The zero-order chi connectivity index (χ0) is 19.4. The second kappa shape index (κ2) is 8.19. The number of hydrogen-bond donors (Lipinski definition) is 2. The summed E-state index contributed by atoms with van der Waals surface area (Å²) in [5.41, 5.74) is 1.60. The molecular formula is C16H19N5O3S2. The number of amides is 1. The first-order valence-electron chi connectivity index (χ1n) is 7.55. The van der Waals surface area contributed by atoms with Crippen molar-refractivity contribution in [1.29, 1.82) is 0 Å². The molecule has 0 aliphatic heterocycles. The van der Waals surface area contributed by atoms with Gasteiger partial charge in [-0.2, -0.15) is 0 Å². The van der Waals surface area contributed by atoms with Crippen LogP contribution in [-0.4, -0.2) is 53.1 Å². The minimum absolute atomic E-state index is 0.200. The molecule has 2 aromatic heterocycles. The zero-order valence-electron chi connectivity index (χ0n) is 15.0. The minimum Gasteiger partial charge on any atom is -0.465 e. The first-order valence-corrected chi connectivity index (χ1v) is 8.78. The molecule has 0 aliphatic rings. The molecule has 0 unspecified atom stereocenters. The van der Waals surface area contributed by atoms with Crippen LogP contribution in [0.5, 0.6) is 0 Å².